The first-order valence-corrected chi connectivity index (χ1v) is 8.77. The highest BCUT2D eigenvalue weighted by molar-refractivity contribution is 7.09. The van der Waals surface area contributed by atoms with Gasteiger partial charge in [0.05, 0.1) is 30.3 Å². The van der Waals surface area contributed by atoms with Crippen molar-refractivity contribution in [3.8, 4) is 5.75 Å². The molecule has 0 aliphatic rings. The number of amides is 1. The van der Waals surface area contributed by atoms with Crippen LogP contribution in [0.5, 0.6) is 5.75 Å². The quantitative estimate of drug-likeness (QED) is 0.477. The van der Waals surface area contributed by atoms with E-state index in [-0.39, 0.29) is 29.2 Å². The van der Waals surface area contributed by atoms with Crippen molar-refractivity contribution in [1.29, 1.82) is 0 Å². The largest absolute Gasteiger partial charge is 0.494 e. The topological polar surface area (TPSA) is 136 Å². The van der Waals surface area contributed by atoms with Crippen LogP contribution in [0.15, 0.2) is 51.5 Å². The fourth-order valence-electron chi connectivity index (χ4n) is 2.46. The second-order valence-electron chi connectivity index (χ2n) is 5.57. The molecule has 10 nitrogen and oxygen atoms in total. The molecule has 0 saturated carbocycles. The summed E-state index contributed by atoms with van der Waals surface area (Å²) in [4.78, 5) is 50.6. The molecule has 0 saturated heterocycles. The molecule has 0 spiro atoms. The highest BCUT2D eigenvalue weighted by atomic mass is 32.1. The minimum atomic E-state index is -0.784. The number of aromatic amines is 1. The average molecular weight is 402 g/mol. The van der Waals surface area contributed by atoms with E-state index >= 15 is 0 Å². The minimum Gasteiger partial charge on any atom is -0.494 e. The third-order valence-corrected chi connectivity index (χ3v) is 4.70. The van der Waals surface area contributed by atoms with Gasteiger partial charge < -0.3 is 15.0 Å². The Labute approximate surface area is 161 Å². The zero-order valence-corrected chi connectivity index (χ0v) is 15.3. The number of hydrogen-bond donors (Lipinski definition) is 2. The fraction of sp³-hybridized carbons (Fsp3) is 0.118. The molecule has 3 aromatic rings. The molecular weight excluding hydrogens is 388 g/mol. The van der Waals surface area contributed by atoms with Gasteiger partial charge in [-0.05, 0) is 17.5 Å². The number of nitrogens with one attached hydrogen (secondary N) is 2. The summed E-state index contributed by atoms with van der Waals surface area (Å²) in [6.45, 7) is 0.0355. The average Bonchev–Trinajstić information content (AvgIpc) is 3.18. The number of methoxy groups -OCH3 is 1. The zero-order chi connectivity index (χ0) is 20.3. The normalized spacial score (nSPS) is 10.5. The van der Waals surface area contributed by atoms with E-state index in [1.807, 2.05) is 5.38 Å². The number of aromatic nitrogens is 2. The van der Waals surface area contributed by atoms with Gasteiger partial charge >= 0.3 is 5.69 Å². The smallest absolute Gasteiger partial charge is 0.328 e. The maximum Gasteiger partial charge on any atom is 0.328 e. The number of hydrogen-bond acceptors (Lipinski definition) is 7. The van der Waals surface area contributed by atoms with Gasteiger partial charge in [0, 0.05) is 17.1 Å². The van der Waals surface area contributed by atoms with Crippen molar-refractivity contribution >= 4 is 28.6 Å². The van der Waals surface area contributed by atoms with Crippen LogP contribution in [-0.4, -0.2) is 27.5 Å². The number of thiophene rings is 1. The summed E-state index contributed by atoms with van der Waals surface area (Å²) in [5.74, 6) is -0.723. The Morgan fingerprint density at radius 3 is 2.79 bits per heavy atom. The molecule has 1 amide bonds. The third-order valence-electron chi connectivity index (χ3n) is 3.84. The summed E-state index contributed by atoms with van der Waals surface area (Å²) in [7, 11) is 1.29. The monoisotopic (exact) mass is 402 g/mol. The van der Waals surface area contributed by atoms with Crippen LogP contribution in [-0.2, 0) is 6.54 Å². The lowest BCUT2D eigenvalue weighted by Crippen LogP contribution is -2.39. The molecule has 0 bridgehead atoms. The number of anilines is 1. The van der Waals surface area contributed by atoms with E-state index in [4.69, 9.17) is 4.74 Å². The molecule has 0 unspecified atom stereocenters. The first-order valence-electron chi connectivity index (χ1n) is 7.89. The Balaban J connectivity index is 1.92. The van der Waals surface area contributed by atoms with Gasteiger partial charge in [-0.15, -0.1) is 11.3 Å². The molecule has 1 aromatic carbocycles. The molecule has 144 valence electrons. The van der Waals surface area contributed by atoms with Crippen LogP contribution in [0.1, 0.15) is 15.2 Å². The Bertz CT molecular complexity index is 1150. The lowest BCUT2D eigenvalue weighted by atomic mass is 10.2. The Kier molecular flexibility index (Phi) is 5.36. The maximum atomic E-state index is 12.6. The zero-order valence-electron chi connectivity index (χ0n) is 14.5. The Morgan fingerprint density at radius 1 is 1.36 bits per heavy atom. The van der Waals surface area contributed by atoms with Crippen LogP contribution in [0.4, 0.5) is 11.4 Å². The van der Waals surface area contributed by atoms with E-state index in [1.54, 1.807) is 12.1 Å². The van der Waals surface area contributed by atoms with Crippen LogP contribution in [0.3, 0.4) is 0 Å². The Hall–Kier alpha value is -3.73. The van der Waals surface area contributed by atoms with Crippen molar-refractivity contribution in [3.05, 3.63) is 83.3 Å². The summed E-state index contributed by atoms with van der Waals surface area (Å²) in [6.07, 6.45) is 1.03. The van der Waals surface area contributed by atoms with Gasteiger partial charge in [0.15, 0.2) is 0 Å². The number of rotatable bonds is 6. The number of carbonyl (C=O) groups excluding carboxylic acids is 1. The van der Waals surface area contributed by atoms with E-state index in [9.17, 15) is 24.5 Å². The summed E-state index contributed by atoms with van der Waals surface area (Å²) >= 11 is 1.38. The van der Waals surface area contributed by atoms with Crippen molar-refractivity contribution < 1.29 is 14.5 Å². The van der Waals surface area contributed by atoms with E-state index in [2.05, 4.69) is 10.3 Å². The van der Waals surface area contributed by atoms with Gasteiger partial charge in [-0.25, -0.2) is 4.79 Å². The number of carbonyl (C=O) groups is 1. The van der Waals surface area contributed by atoms with Gasteiger partial charge in [-0.1, -0.05) is 6.07 Å². The van der Waals surface area contributed by atoms with E-state index < -0.39 is 22.1 Å². The third kappa shape index (κ3) is 3.83. The summed E-state index contributed by atoms with van der Waals surface area (Å²) in [6, 6.07) is 7.20. The van der Waals surface area contributed by atoms with E-state index in [1.165, 1.54) is 30.6 Å². The molecule has 2 heterocycles. The molecule has 0 radical (unpaired) electrons. The molecule has 28 heavy (non-hydrogen) atoms. The highest BCUT2D eigenvalue weighted by Crippen LogP contribution is 2.29. The number of nitro groups is 1. The van der Waals surface area contributed by atoms with Crippen LogP contribution in [0.25, 0.3) is 0 Å². The molecule has 11 heteroatoms. The van der Waals surface area contributed by atoms with Crippen molar-refractivity contribution in [1.82, 2.24) is 9.55 Å². The number of non-ortho nitro benzene ring substituents is 1. The number of nitro benzene ring substituents is 1. The van der Waals surface area contributed by atoms with Gasteiger partial charge in [0.2, 0.25) is 0 Å². The van der Waals surface area contributed by atoms with Crippen LogP contribution >= 0.6 is 11.3 Å². The summed E-state index contributed by atoms with van der Waals surface area (Å²) in [5, 5.41) is 15.1. The van der Waals surface area contributed by atoms with Crippen molar-refractivity contribution in [3.63, 3.8) is 0 Å². The molecule has 0 fully saturated rings. The maximum absolute atomic E-state index is 12.6. The predicted octanol–water partition coefficient (Wildman–Crippen LogP) is 1.82. The fourth-order valence-corrected chi connectivity index (χ4v) is 3.15. The van der Waals surface area contributed by atoms with Crippen LogP contribution in [0, 0.1) is 10.1 Å². The number of ether oxygens (including phenoxy) is 1. The first-order chi connectivity index (χ1) is 13.4. The summed E-state index contributed by atoms with van der Waals surface area (Å²) in [5.41, 5.74) is -1.74. The van der Waals surface area contributed by atoms with Gasteiger partial charge in [0.25, 0.3) is 17.2 Å². The second-order valence-corrected chi connectivity index (χ2v) is 6.61. The number of benzene rings is 1. The molecule has 2 N–H and O–H groups in total. The molecular formula is C17H14N4O6S. The summed E-state index contributed by atoms with van der Waals surface area (Å²) < 4.78 is 5.98. The van der Waals surface area contributed by atoms with Crippen LogP contribution in [0.2, 0.25) is 0 Å². The second kappa shape index (κ2) is 7.88. The lowest BCUT2D eigenvalue weighted by molar-refractivity contribution is -0.384. The number of nitrogens with zero attached hydrogens (tertiary/aromatic N) is 2. The van der Waals surface area contributed by atoms with E-state index in [0.29, 0.717) is 0 Å². The van der Waals surface area contributed by atoms with Gasteiger partial charge in [0.1, 0.15) is 11.3 Å². The minimum absolute atomic E-state index is 0.0355. The Morgan fingerprint density at radius 2 is 2.14 bits per heavy atom. The van der Waals surface area contributed by atoms with Crippen molar-refractivity contribution in [2.24, 2.45) is 0 Å². The molecule has 3 rings (SSSR count). The number of H-pyrrole nitrogens is 1. The predicted molar refractivity (Wildman–Crippen MR) is 102 cm³/mol. The standard InChI is InChI=1S/C17H14N4O6S/c1-27-14-7-10(21(25)26)4-5-13(14)19-15(22)12-8-18-17(24)20(16(12)23)9-11-3-2-6-28-11/h2-8H,9H2,1H3,(H,18,24)(H,19,22). The SMILES string of the molecule is COc1cc([N+](=O)[O-])ccc1NC(=O)c1c[nH]c(=O)n(Cc2cccs2)c1=O. The molecule has 0 atom stereocenters. The van der Waals surface area contributed by atoms with Crippen LogP contribution < -0.4 is 21.3 Å². The molecule has 0 aliphatic heterocycles. The van der Waals surface area contributed by atoms with Gasteiger partial charge in [-0.3, -0.25) is 24.3 Å². The van der Waals surface area contributed by atoms with Crippen molar-refractivity contribution in [2.75, 3.05) is 12.4 Å². The molecule has 0 aliphatic carbocycles. The molecule has 2 aromatic heterocycles. The van der Waals surface area contributed by atoms with E-state index in [0.717, 1.165) is 21.7 Å². The highest BCUT2D eigenvalue weighted by Gasteiger charge is 2.18. The first kappa shape index (κ1) is 19.0. The lowest BCUT2D eigenvalue weighted by Gasteiger charge is -2.10. The van der Waals surface area contributed by atoms with Crippen molar-refractivity contribution in [2.45, 2.75) is 6.54 Å². The van der Waals surface area contributed by atoms with Gasteiger partial charge in [-0.2, -0.15) is 0 Å².